The van der Waals surface area contributed by atoms with Gasteiger partial charge in [0.25, 0.3) is 5.69 Å². The Hall–Kier alpha value is -2.93. The van der Waals surface area contributed by atoms with Gasteiger partial charge in [-0.05, 0) is 35.4 Å². The molecule has 1 atom stereocenters. The van der Waals surface area contributed by atoms with E-state index in [1.54, 1.807) is 36.4 Å². The minimum Gasteiger partial charge on any atom is -0.489 e. The van der Waals surface area contributed by atoms with Gasteiger partial charge in [-0.25, -0.2) is 0 Å². The van der Waals surface area contributed by atoms with Gasteiger partial charge in [-0.2, -0.15) is 0 Å². The Kier molecular flexibility index (Phi) is 4.70. The number of carboxylic acids is 1. The number of aliphatic carboxylic acids is 1. The molecule has 2 aromatic rings. The van der Waals surface area contributed by atoms with Crippen LogP contribution in [-0.4, -0.2) is 16.0 Å². The Bertz CT molecular complexity index is 685. The molecule has 2 aromatic carbocycles. The first-order valence-corrected chi connectivity index (χ1v) is 6.42. The summed E-state index contributed by atoms with van der Waals surface area (Å²) in [4.78, 5) is 20.9. The Morgan fingerprint density at radius 3 is 2.55 bits per heavy atom. The molecule has 3 N–H and O–H groups in total. The lowest BCUT2D eigenvalue weighted by molar-refractivity contribution is -0.384. The maximum absolute atomic E-state index is 10.9. The number of hydrogen-bond donors (Lipinski definition) is 2. The quantitative estimate of drug-likeness (QED) is 0.624. The zero-order valence-electron chi connectivity index (χ0n) is 11.5. The van der Waals surface area contributed by atoms with Crippen molar-refractivity contribution in [2.24, 2.45) is 5.73 Å². The lowest BCUT2D eigenvalue weighted by Gasteiger charge is -2.10. The van der Waals surface area contributed by atoms with E-state index in [0.29, 0.717) is 11.3 Å². The van der Waals surface area contributed by atoms with E-state index in [9.17, 15) is 14.9 Å². The van der Waals surface area contributed by atoms with Crippen molar-refractivity contribution in [1.29, 1.82) is 0 Å². The number of ether oxygens (including phenoxy) is 1. The molecule has 0 amide bonds. The molecule has 0 spiro atoms. The van der Waals surface area contributed by atoms with Crippen molar-refractivity contribution >= 4 is 11.7 Å². The standard InChI is InChI=1S/C15H14N2O5/c16-14(15(18)19)11-2-1-3-13(8-11)22-9-10-4-6-12(7-5-10)17(20)21/h1-8,14H,9,16H2,(H,18,19)/t14-/m0/s1. The van der Waals surface area contributed by atoms with Crippen LogP contribution in [0.25, 0.3) is 0 Å². The molecule has 0 fully saturated rings. The van der Waals surface area contributed by atoms with E-state index < -0.39 is 16.9 Å². The lowest BCUT2D eigenvalue weighted by Crippen LogP contribution is -2.20. The van der Waals surface area contributed by atoms with Crippen molar-refractivity contribution < 1.29 is 19.6 Å². The summed E-state index contributed by atoms with van der Waals surface area (Å²) in [5, 5.41) is 19.4. The third-order valence-corrected chi connectivity index (χ3v) is 3.04. The first-order chi connectivity index (χ1) is 10.5. The van der Waals surface area contributed by atoms with Crippen LogP contribution in [0.4, 0.5) is 5.69 Å². The van der Waals surface area contributed by atoms with Crippen LogP contribution in [0.5, 0.6) is 5.75 Å². The molecule has 22 heavy (non-hydrogen) atoms. The predicted octanol–water partition coefficient (Wildman–Crippen LogP) is 2.26. The van der Waals surface area contributed by atoms with E-state index in [4.69, 9.17) is 15.6 Å². The Morgan fingerprint density at radius 2 is 1.95 bits per heavy atom. The highest BCUT2D eigenvalue weighted by Crippen LogP contribution is 2.20. The molecule has 7 heteroatoms. The van der Waals surface area contributed by atoms with Crippen LogP contribution in [0.1, 0.15) is 17.2 Å². The molecular formula is C15H14N2O5. The second-order valence-corrected chi connectivity index (χ2v) is 4.60. The van der Waals surface area contributed by atoms with Crippen molar-refractivity contribution in [3.63, 3.8) is 0 Å². The molecule has 0 bridgehead atoms. The van der Waals surface area contributed by atoms with Crippen molar-refractivity contribution in [3.05, 3.63) is 69.8 Å². The van der Waals surface area contributed by atoms with Crippen LogP contribution >= 0.6 is 0 Å². The Balaban J connectivity index is 2.03. The number of non-ortho nitro benzene ring substituents is 1. The van der Waals surface area contributed by atoms with Crippen LogP contribution in [-0.2, 0) is 11.4 Å². The van der Waals surface area contributed by atoms with E-state index in [2.05, 4.69) is 0 Å². The normalized spacial score (nSPS) is 11.7. The highest BCUT2D eigenvalue weighted by molar-refractivity contribution is 5.75. The molecule has 0 unspecified atom stereocenters. The second-order valence-electron chi connectivity index (χ2n) is 4.60. The molecule has 0 aliphatic heterocycles. The molecule has 7 nitrogen and oxygen atoms in total. The third kappa shape index (κ3) is 3.80. The number of hydrogen-bond acceptors (Lipinski definition) is 5. The van der Waals surface area contributed by atoms with Crippen LogP contribution in [0.15, 0.2) is 48.5 Å². The van der Waals surface area contributed by atoms with E-state index >= 15 is 0 Å². The molecule has 0 heterocycles. The number of carboxylic acid groups (broad SMARTS) is 1. The summed E-state index contributed by atoms with van der Waals surface area (Å²) in [6, 6.07) is 11.4. The van der Waals surface area contributed by atoms with Gasteiger partial charge in [-0.3, -0.25) is 14.9 Å². The van der Waals surface area contributed by atoms with Crippen molar-refractivity contribution in [2.45, 2.75) is 12.6 Å². The van der Waals surface area contributed by atoms with E-state index in [1.165, 1.54) is 12.1 Å². The van der Waals surface area contributed by atoms with Crippen molar-refractivity contribution in [2.75, 3.05) is 0 Å². The molecule has 0 aliphatic rings. The predicted molar refractivity (Wildman–Crippen MR) is 78.4 cm³/mol. The van der Waals surface area contributed by atoms with Gasteiger partial charge in [0.15, 0.2) is 0 Å². The summed E-state index contributed by atoms with van der Waals surface area (Å²) < 4.78 is 5.54. The monoisotopic (exact) mass is 302 g/mol. The Labute approximate surface area is 126 Å². The molecule has 0 aromatic heterocycles. The second kappa shape index (κ2) is 6.68. The molecule has 0 saturated heterocycles. The van der Waals surface area contributed by atoms with Gasteiger partial charge < -0.3 is 15.6 Å². The number of carbonyl (C=O) groups is 1. The fourth-order valence-corrected chi connectivity index (χ4v) is 1.82. The number of nitro groups is 1. The summed E-state index contributed by atoms with van der Waals surface area (Å²) in [6.45, 7) is 0.212. The minimum atomic E-state index is -1.12. The SMILES string of the molecule is N[C@H](C(=O)O)c1cccc(OCc2ccc([N+](=O)[O-])cc2)c1. The van der Waals surface area contributed by atoms with Gasteiger partial charge in [0.05, 0.1) is 4.92 Å². The Morgan fingerprint density at radius 1 is 1.27 bits per heavy atom. The molecule has 0 radical (unpaired) electrons. The van der Waals surface area contributed by atoms with Crippen molar-refractivity contribution in [1.82, 2.24) is 0 Å². The fourth-order valence-electron chi connectivity index (χ4n) is 1.82. The summed E-state index contributed by atoms with van der Waals surface area (Å²) in [5.41, 5.74) is 6.75. The summed E-state index contributed by atoms with van der Waals surface area (Å²) in [5.74, 6) is -0.639. The van der Waals surface area contributed by atoms with E-state index in [0.717, 1.165) is 5.56 Å². The van der Waals surface area contributed by atoms with Gasteiger partial charge in [0.1, 0.15) is 18.4 Å². The average molecular weight is 302 g/mol. The summed E-state index contributed by atoms with van der Waals surface area (Å²) in [7, 11) is 0. The zero-order valence-corrected chi connectivity index (χ0v) is 11.5. The third-order valence-electron chi connectivity index (χ3n) is 3.04. The van der Waals surface area contributed by atoms with Gasteiger partial charge in [0, 0.05) is 12.1 Å². The zero-order chi connectivity index (χ0) is 16.1. The first-order valence-electron chi connectivity index (χ1n) is 6.42. The molecule has 2 rings (SSSR count). The average Bonchev–Trinajstić information content (AvgIpc) is 2.52. The minimum absolute atomic E-state index is 0.0122. The maximum atomic E-state index is 10.9. The topological polar surface area (TPSA) is 116 Å². The van der Waals surface area contributed by atoms with Crippen LogP contribution in [0.3, 0.4) is 0 Å². The number of nitrogens with zero attached hydrogens (tertiary/aromatic N) is 1. The molecular weight excluding hydrogens is 288 g/mol. The van der Waals surface area contributed by atoms with E-state index in [1.807, 2.05) is 0 Å². The highest BCUT2D eigenvalue weighted by atomic mass is 16.6. The number of rotatable bonds is 6. The van der Waals surface area contributed by atoms with Gasteiger partial charge >= 0.3 is 5.97 Å². The molecule has 0 saturated carbocycles. The number of benzene rings is 2. The number of nitro benzene ring substituents is 1. The summed E-state index contributed by atoms with van der Waals surface area (Å²) >= 11 is 0. The van der Waals surface area contributed by atoms with Gasteiger partial charge in [-0.1, -0.05) is 12.1 Å². The fraction of sp³-hybridized carbons (Fsp3) is 0.133. The highest BCUT2D eigenvalue weighted by Gasteiger charge is 2.14. The number of nitrogens with two attached hydrogens (primary N) is 1. The lowest BCUT2D eigenvalue weighted by atomic mass is 10.1. The van der Waals surface area contributed by atoms with Crippen LogP contribution in [0, 0.1) is 10.1 Å². The van der Waals surface area contributed by atoms with Crippen molar-refractivity contribution in [3.8, 4) is 5.75 Å². The largest absolute Gasteiger partial charge is 0.489 e. The van der Waals surface area contributed by atoms with Gasteiger partial charge in [0.2, 0.25) is 0 Å². The summed E-state index contributed by atoms with van der Waals surface area (Å²) in [6.07, 6.45) is 0. The molecule has 114 valence electrons. The maximum Gasteiger partial charge on any atom is 0.325 e. The van der Waals surface area contributed by atoms with Crippen LogP contribution in [0.2, 0.25) is 0 Å². The van der Waals surface area contributed by atoms with Crippen LogP contribution < -0.4 is 10.5 Å². The van der Waals surface area contributed by atoms with Gasteiger partial charge in [-0.15, -0.1) is 0 Å². The smallest absolute Gasteiger partial charge is 0.325 e. The van der Waals surface area contributed by atoms with E-state index in [-0.39, 0.29) is 12.3 Å². The first kappa shape index (κ1) is 15.5. The molecule has 0 aliphatic carbocycles.